The van der Waals surface area contributed by atoms with Crippen molar-refractivity contribution in [3.8, 4) is 0 Å². The topological polar surface area (TPSA) is 21.6 Å². The van der Waals surface area contributed by atoms with Gasteiger partial charge in [-0.15, -0.1) is 0 Å². The van der Waals surface area contributed by atoms with Crippen molar-refractivity contribution in [3.05, 3.63) is 23.3 Å². The third kappa shape index (κ3) is 1.12. The van der Waals surface area contributed by atoms with Crippen LogP contribution >= 0.6 is 0 Å². The first-order valence-corrected chi connectivity index (χ1v) is 4.69. The summed E-state index contributed by atoms with van der Waals surface area (Å²) in [6, 6.07) is 0. The maximum atomic E-state index is 5.11. The summed E-state index contributed by atoms with van der Waals surface area (Å²) in [5, 5.41) is 3.89. The van der Waals surface area contributed by atoms with Crippen LogP contribution in [0.5, 0.6) is 0 Å². The standard InChI is InChI=1S/C11H15NO/c1-8-4-9(2)11(10(3)5-8)6-12-13-7-11/h4-6,9H,7H2,1-3H3. The number of allylic oxidation sites excluding steroid dienone is 3. The van der Waals surface area contributed by atoms with Gasteiger partial charge in [0.25, 0.3) is 0 Å². The lowest BCUT2D eigenvalue weighted by molar-refractivity contribution is 0.118. The summed E-state index contributed by atoms with van der Waals surface area (Å²) in [5.41, 5.74) is 2.75. The minimum absolute atomic E-state index is 0.0412. The molecule has 2 unspecified atom stereocenters. The monoisotopic (exact) mass is 177 g/mol. The van der Waals surface area contributed by atoms with E-state index in [9.17, 15) is 0 Å². The van der Waals surface area contributed by atoms with Gasteiger partial charge < -0.3 is 4.84 Å². The first-order valence-electron chi connectivity index (χ1n) is 4.69. The van der Waals surface area contributed by atoms with Crippen LogP contribution in [0, 0.1) is 11.3 Å². The maximum absolute atomic E-state index is 5.11. The summed E-state index contributed by atoms with van der Waals surface area (Å²) in [4.78, 5) is 5.11. The third-order valence-corrected chi connectivity index (χ3v) is 3.16. The molecule has 0 aromatic heterocycles. The van der Waals surface area contributed by atoms with Crippen molar-refractivity contribution in [3.63, 3.8) is 0 Å². The van der Waals surface area contributed by atoms with Crippen molar-refractivity contribution in [1.82, 2.24) is 0 Å². The van der Waals surface area contributed by atoms with Gasteiger partial charge in [0.05, 0.1) is 11.6 Å². The van der Waals surface area contributed by atoms with Gasteiger partial charge in [0.15, 0.2) is 0 Å². The normalized spacial score (nSPS) is 37.3. The Kier molecular flexibility index (Phi) is 1.79. The van der Waals surface area contributed by atoms with Gasteiger partial charge in [-0.25, -0.2) is 0 Å². The highest BCUT2D eigenvalue weighted by atomic mass is 16.6. The van der Waals surface area contributed by atoms with Gasteiger partial charge in [-0.2, -0.15) is 0 Å². The molecule has 0 saturated heterocycles. The predicted molar refractivity (Wildman–Crippen MR) is 53.6 cm³/mol. The quantitative estimate of drug-likeness (QED) is 0.557. The second-order valence-electron chi connectivity index (χ2n) is 4.08. The third-order valence-electron chi connectivity index (χ3n) is 3.16. The van der Waals surface area contributed by atoms with Crippen molar-refractivity contribution >= 4 is 6.21 Å². The number of nitrogens with zero attached hydrogens (tertiary/aromatic N) is 1. The van der Waals surface area contributed by atoms with Gasteiger partial charge in [0.1, 0.15) is 6.61 Å². The number of oxime groups is 1. The smallest absolute Gasteiger partial charge is 0.132 e. The minimum Gasteiger partial charge on any atom is -0.395 e. The van der Waals surface area contributed by atoms with Crippen LogP contribution in [0.2, 0.25) is 0 Å². The van der Waals surface area contributed by atoms with Gasteiger partial charge in [-0.05, 0) is 19.8 Å². The molecule has 0 amide bonds. The first kappa shape index (κ1) is 8.54. The molecule has 0 aromatic carbocycles. The Hall–Kier alpha value is -1.05. The molecule has 13 heavy (non-hydrogen) atoms. The van der Waals surface area contributed by atoms with Crippen LogP contribution in [0.25, 0.3) is 0 Å². The summed E-state index contributed by atoms with van der Waals surface area (Å²) in [6.45, 7) is 7.22. The van der Waals surface area contributed by atoms with Gasteiger partial charge >= 0.3 is 0 Å². The van der Waals surface area contributed by atoms with Crippen molar-refractivity contribution in [2.45, 2.75) is 20.8 Å². The van der Waals surface area contributed by atoms with E-state index < -0.39 is 0 Å². The zero-order valence-electron chi connectivity index (χ0n) is 8.37. The van der Waals surface area contributed by atoms with E-state index >= 15 is 0 Å². The Morgan fingerprint density at radius 1 is 1.54 bits per heavy atom. The molecule has 0 radical (unpaired) electrons. The lowest BCUT2D eigenvalue weighted by Crippen LogP contribution is -2.34. The Morgan fingerprint density at radius 3 is 2.85 bits per heavy atom. The van der Waals surface area contributed by atoms with Gasteiger partial charge in [0.2, 0.25) is 0 Å². The van der Waals surface area contributed by atoms with E-state index in [4.69, 9.17) is 4.84 Å². The molecule has 0 N–H and O–H groups in total. The Bertz CT molecular complexity index is 314. The van der Waals surface area contributed by atoms with Gasteiger partial charge in [-0.3, -0.25) is 0 Å². The summed E-state index contributed by atoms with van der Waals surface area (Å²) in [5.74, 6) is 0.490. The van der Waals surface area contributed by atoms with Crippen LogP contribution in [0.15, 0.2) is 28.5 Å². The number of hydrogen-bond acceptors (Lipinski definition) is 2. The Morgan fingerprint density at radius 2 is 2.31 bits per heavy atom. The lowest BCUT2D eigenvalue weighted by atomic mass is 9.69. The van der Waals surface area contributed by atoms with E-state index in [0.717, 1.165) is 0 Å². The fraction of sp³-hybridized carbons (Fsp3) is 0.545. The van der Waals surface area contributed by atoms with Crippen LogP contribution < -0.4 is 0 Å². The molecule has 0 fully saturated rings. The van der Waals surface area contributed by atoms with E-state index in [1.54, 1.807) is 0 Å². The molecule has 2 atom stereocenters. The number of hydrogen-bond donors (Lipinski definition) is 0. The molecule has 1 spiro atoms. The zero-order valence-corrected chi connectivity index (χ0v) is 8.37. The molecule has 0 aromatic rings. The fourth-order valence-corrected chi connectivity index (χ4v) is 2.20. The van der Waals surface area contributed by atoms with Crippen LogP contribution in [0.1, 0.15) is 20.8 Å². The zero-order chi connectivity index (χ0) is 9.47. The molecular formula is C11H15NO. The van der Waals surface area contributed by atoms with Crippen molar-refractivity contribution in [2.75, 3.05) is 6.61 Å². The summed E-state index contributed by atoms with van der Waals surface area (Å²) >= 11 is 0. The molecule has 2 nitrogen and oxygen atoms in total. The maximum Gasteiger partial charge on any atom is 0.132 e. The molecule has 1 heterocycles. The minimum atomic E-state index is 0.0412. The molecule has 0 bridgehead atoms. The second kappa shape index (κ2) is 2.72. The van der Waals surface area contributed by atoms with Gasteiger partial charge in [-0.1, -0.05) is 35.4 Å². The fourth-order valence-electron chi connectivity index (χ4n) is 2.20. The SMILES string of the molecule is CC1=CC(C)C2(C=NOC2)C(C)=C1. The lowest BCUT2D eigenvalue weighted by Gasteiger charge is -2.33. The molecule has 2 aliphatic rings. The van der Waals surface area contributed by atoms with E-state index in [0.29, 0.717) is 12.5 Å². The van der Waals surface area contributed by atoms with E-state index in [1.165, 1.54) is 11.1 Å². The Balaban J connectivity index is 2.41. The summed E-state index contributed by atoms with van der Waals surface area (Å²) in [7, 11) is 0. The second-order valence-corrected chi connectivity index (χ2v) is 4.08. The highest BCUT2D eigenvalue weighted by Gasteiger charge is 2.41. The average molecular weight is 177 g/mol. The summed E-state index contributed by atoms with van der Waals surface area (Å²) in [6.07, 6.45) is 6.46. The highest BCUT2D eigenvalue weighted by molar-refractivity contribution is 5.73. The van der Waals surface area contributed by atoms with Crippen LogP contribution in [-0.4, -0.2) is 12.8 Å². The molecule has 0 saturated carbocycles. The van der Waals surface area contributed by atoms with Crippen LogP contribution in [0.4, 0.5) is 0 Å². The average Bonchev–Trinajstić information content (AvgIpc) is 2.50. The van der Waals surface area contributed by atoms with Crippen molar-refractivity contribution in [1.29, 1.82) is 0 Å². The van der Waals surface area contributed by atoms with Crippen molar-refractivity contribution in [2.24, 2.45) is 16.5 Å². The van der Waals surface area contributed by atoms with Crippen LogP contribution in [-0.2, 0) is 4.84 Å². The predicted octanol–water partition coefficient (Wildman–Crippen LogP) is 2.53. The van der Waals surface area contributed by atoms with Crippen molar-refractivity contribution < 1.29 is 4.84 Å². The highest BCUT2D eigenvalue weighted by Crippen LogP contribution is 2.41. The molecule has 1 aliphatic carbocycles. The number of rotatable bonds is 0. The largest absolute Gasteiger partial charge is 0.395 e. The molecule has 2 rings (SSSR count). The molecule has 70 valence electrons. The van der Waals surface area contributed by atoms with Gasteiger partial charge in [0, 0.05) is 0 Å². The van der Waals surface area contributed by atoms with Crippen LogP contribution in [0.3, 0.4) is 0 Å². The van der Waals surface area contributed by atoms with E-state index in [1.807, 2.05) is 6.21 Å². The molecule has 2 heteroatoms. The Labute approximate surface area is 79.0 Å². The molecule has 1 aliphatic heterocycles. The first-order chi connectivity index (χ1) is 6.15. The van der Waals surface area contributed by atoms with E-state index in [-0.39, 0.29) is 5.41 Å². The summed E-state index contributed by atoms with van der Waals surface area (Å²) < 4.78 is 0. The molecular weight excluding hydrogens is 162 g/mol. The van der Waals surface area contributed by atoms with E-state index in [2.05, 4.69) is 38.1 Å².